The molecule has 0 saturated carbocycles. The van der Waals surface area contributed by atoms with E-state index in [1.807, 2.05) is 0 Å². The van der Waals surface area contributed by atoms with Crippen LogP contribution in [-0.2, 0) is 14.3 Å². The number of carbonyl (C=O) groups excluding carboxylic acids is 1. The van der Waals surface area contributed by atoms with Crippen LogP contribution >= 0.6 is 0 Å². The Bertz CT molecular complexity index is 432. The van der Waals surface area contributed by atoms with Crippen LogP contribution in [0.2, 0.25) is 0 Å². The molecular formula is C9H9N3O3. The maximum atomic E-state index is 11.4. The molecule has 0 fully saturated rings. The van der Waals surface area contributed by atoms with Crippen molar-refractivity contribution in [2.75, 3.05) is 14.2 Å². The van der Waals surface area contributed by atoms with E-state index in [2.05, 4.69) is 20.2 Å². The predicted octanol–water partition coefficient (Wildman–Crippen LogP) is 1.17. The lowest BCUT2D eigenvalue weighted by atomic mass is 9.99. The van der Waals surface area contributed by atoms with Crippen molar-refractivity contribution >= 4 is 11.7 Å². The molecule has 6 heteroatoms. The van der Waals surface area contributed by atoms with E-state index >= 15 is 0 Å². The average molecular weight is 207 g/mol. The molecule has 2 aliphatic rings. The summed E-state index contributed by atoms with van der Waals surface area (Å²) < 4.78 is 9.73. The summed E-state index contributed by atoms with van der Waals surface area (Å²) in [7, 11) is 2.82. The van der Waals surface area contributed by atoms with E-state index in [1.54, 1.807) is 6.08 Å². The summed E-state index contributed by atoms with van der Waals surface area (Å²) in [5.74, 6) is 0.0356. The molecule has 15 heavy (non-hydrogen) atoms. The highest BCUT2D eigenvalue weighted by atomic mass is 16.5. The Morgan fingerprint density at radius 1 is 1.47 bits per heavy atom. The minimum Gasteiger partial charge on any atom is -0.496 e. The minimum absolute atomic E-state index is 0.342. The topological polar surface area (TPSA) is 72.6 Å². The van der Waals surface area contributed by atoms with Crippen molar-refractivity contribution in [3.8, 4) is 0 Å². The highest BCUT2D eigenvalue weighted by Gasteiger charge is 2.27. The Kier molecular flexibility index (Phi) is 2.32. The molecule has 6 nitrogen and oxygen atoms in total. The van der Waals surface area contributed by atoms with Gasteiger partial charge < -0.3 is 9.47 Å². The molecule has 0 unspecified atom stereocenters. The monoisotopic (exact) mass is 207 g/mol. The zero-order valence-electron chi connectivity index (χ0n) is 8.35. The van der Waals surface area contributed by atoms with Crippen LogP contribution in [0.3, 0.4) is 0 Å². The van der Waals surface area contributed by atoms with Crippen LogP contribution in [0.4, 0.5) is 0 Å². The molecule has 2 rings (SSSR count). The lowest BCUT2D eigenvalue weighted by Gasteiger charge is -2.14. The minimum atomic E-state index is -0.420. The van der Waals surface area contributed by atoms with Crippen LogP contribution in [-0.4, -0.2) is 25.9 Å². The molecule has 0 N–H and O–H groups in total. The van der Waals surface area contributed by atoms with Crippen molar-refractivity contribution in [1.82, 2.24) is 0 Å². The molecule has 78 valence electrons. The summed E-state index contributed by atoms with van der Waals surface area (Å²) >= 11 is 0. The van der Waals surface area contributed by atoms with Crippen molar-refractivity contribution in [1.29, 1.82) is 0 Å². The Morgan fingerprint density at radius 3 is 2.93 bits per heavy atom. The van der Waals surface area contributed by atoms with Crippen molar-refractivity contribution in [2.24, 2.45) is 15.4 Å². The molecule has 1 aliphatic heterocycles. The van der Waals surface area contributed by atoms with Gasteiger partial charge in [-0.15, -0.1) is 10.2 Å². The number of nitrogens with zero attached hydrogens (tertiary/aromatic N) is 3. The molecule has 0 bridgehead atoms. The first-order valence-corrected chi connectivity index (χ1v) is 4.31. The van der Waals surface area contributed by atoms with E-state index in [9.17, 15) is 4.79 Å². The molecule has 1 aliphatic carbocycles. The third kappa shape index (κ3) is 1.54. The number of allylic oxidation sites excluding steroid dienone is 2. The van der Waals surface area contributed by atoms with Gasteiger partial charge in [-0.05, 0) is 5.22 Å². The highest BCUT2D eigenvalue weighted by molar-refractivity contribution is 6.09. The molecule has 1 heterocycles. The fourth-order valence-electron chi connectivity index (χ4n) is 1.42. The van der Waals surface area contributed by atoms with Crippen LogP contribution in [0.5, 0.6) is 0 Å². The average Bonchev–Trinajstić information content (AvgIpc) is 2.73. The zero-order valence-corrected chi connectivity index (χ0v) is 8.35. The zero-order chi connectivity index (χ0) is 10.8. The molecule has 0 atom stereocenters. The predicted molar refractivity (Wildman–Crippen MR) is 51.0 cm³/mol. The smallest absolute Gasteiger partial charge is 0.337 e. The molecular weight excluding hydrogens is 198 g/mol. The van der Waals surface area contributed by atoms with E-state index in [1.165, 1.54) is 14.2 Å². The molecule has 0 radical (unpaired) electrons. The Hall–Kier alpha value is -1.98. The van der Waals surface area contributed by atoms with E-state index < -0.39 is 5.97 Å². The second-order valence-corrected chi connectivity index (χ2v) is 2.98. The number of esters is 1. The van der Waals surface area contributed by atoms with Gasteiger partial charge in [0.15, 0.2) is 0 Å². The van der Waals surface area contributed by atoms with Crippen LogP contribution in [0.1, 0.15) is 6.42 Å². The van der Waals surface area contributed by atoms with E-state index in [0.717, 1.165) is 0 Å². The van der Waals surface area contributed by atoms with Crippen molar-refractivity contribution in [2.45, 2.75) is 6.42 Å². The molecule has 0 aromatic rings. The van der Waals surface area contributed by atoms with Gasteiger partial charge in [0.25, 0.3) is 0 Å². The van der Waals surface area contributed by atoms with Gasteiger partial charge in [0.1, 0.15) is 11.5 Å². The first-order valence-electron chi connectivity index (χ1n) is 4.31. The van der Waals surface area contributed by atoms with Crippen LogP contribution in [0.15, 0.2) is 38.5 Å². The molecule has 0 spiro atoms. The van der Waals surface area contributed by atoms with Gasteiger partial charge in [-0.3, -0.25) is 0 Å². The van der Waals surface area contributed by atoms with Crippen molar-refractivity contribution in [3.63, 3.8) is 0 Å². The molecule has 0 amide bonds. The standard InChI is InChI=1S/C9H9N3O3/c1-14-8-4-7-6(10-12-11-7)3-5(8)9(13)15-2/h4H,3H2,1-2H3. The van der Waals surface area contributed by atoms with Gasteiger partial charge in [0.05, 0.1) is 25.5 Å². The normalized spacial score (nSPS) is 18.3. The van der Waals surface area contributed by atoms with E-state index in [-0.39, 0.29) is 0 Å². The number of methoxy groups -OCH3 is 2. The molecule has 0 aromatic carbocycles. The Morgan fingerprint density at radius 2 is 2.27 bits per heavy atom. The second kappa shape index (κ2) is 3.64. The van der Waals surface area contributed by atoms with Crippen LogP contribution in [0.25, 0.3) is 0 Å². The van der Waals surface area contributed by atoms with Gasteiger partial charge in [-0.1, -0.05) is 0 Å². The second-order valence-electron chi connectivity index (χ2n) is 2.98. The molecule has 0 aromatic heterocycles. The van der Waals surface area contributed by atoms with Gasteiger partial charge in [-0.25, -0.2) is 4.79 Å². The third-order valence-corrected chi connectivity index (χ3v) is 2.17. The summed E-state index contributed by atoms with van der Waals surface area (Å²) in [4.78, 5) is 11.4. The lowest BCUT2D eigenvalue weighted by molar-refractivity contribution is -0.136. The lowest BCUT2D eigenvalue weighted by Crippen LogP contribution is -2.16. The number of carbonyl (C=O) groups is 1. The van der Waals surface area contributed by atoms with Crippen molar-refractivity contribution < 1.29 is 14.3 Å². The fourth-order valence-corrected chi connectivity index (χ4v) is 1.42. The SMILES string of the molecule is COC(=O)C1=C(OC)C=C2N=NN=C2C1. The van der Waals surface area contributed by atoms with Crippen LogP contribution in [0, 0.1) is 0 Å². The quantitative estimate of drug-likeness (QED) is 0.638. The molecule has 0 saturated heterocycles. The number of rotatable bonds is 2. The van der Waals surface area contributed by atoms with Gasteiger partial charge in [-0.2, -0.15) is 0 Å². The van der Waals surface area contributed by atoms with Gasteiger partial charge in [0.2, 0.25) is 0 Å². The van der Waals surface area contributed by atoms with Gasteiger partial charge in [0, 0.05) is 12.5 Å². The largest absolute Gasteiger partial charge is 0.496 e. The summed E-state index contributed by atoms with van der Waals surface area (Å²) in [6.45, 7) is 0. The maximum absolute atomic E-state index is 11.4. The Labute approximate surface area is 86.0 Å². The third-order valence-electron chi connectivity index (χ3n) is 2.17. The van der Waals surface area contributed by atoms with E-state index in [4.69, 9.17) is 4.74 Å². The summed E-state index contributed by atoms with van der Waals surface area (Å²) in [6, 6.07) is 0. The number of ether oxygens (including phenoxy) is 2. The van der Waals surface area contributed by atoms with Gasteiger partial charge >= 0.3 is 5.97 Å². The first kappa shape index (κ1) is 9.57. The summed E-state index contributed by atoms with van der Waals surface area (Å²) in [5.41, 5.74) is 1.74. The van der Waals surface area contributed by atoms with Crippen LogP contribution < -0.4 is 0 Å². The summed E-state index contributed by atoms with van der Waals surface area (Å²) in [6.07, 6.45) is 1.97. The first-order chi connectivity index (χ1) is 7.26. The highest BCUT2D eigenvalue weighted by Crippen LogP contribution is 2.27. The maximum Gasteiger partial charge on any atom is 0.337 e. The number of hydrogen-bond donors (Lipinski definition) is 0. The van der Waals surface area contributed by atoms with E-state index in [0.29, 0.717) is 29.2 Å². The van der Waals surface area contributed by atoms with Crippen molar-refractivity contribution in [3.05, 3.63) is 23.1 Å². The summed E-state index contributed by atoms with van der Waals surface area (Å²) in [5, 5.41) is 11.1. The fraction of sp³-hybridized carbons (Fsp3) is 0.333. The Balaban J connectivity index is 2.40. The number of hydrogen-bond acceptors (Lipinski definition) is 6. The number of fused-ring (bicyclic) bond motifs is 1.